The highest BCUT2D eigenvalue weighted by atomic mass is 31.2. The van der Waals surface area contributed by atoms with Crippen molar-refractivity contribution in [3.8, 4) is 28.7 Å². The van der Waals surface area contributed by atoms with Gasteiger partial charge in [0, 0.05) is 30.8 Å². The van der Waals surface area contributed by atoms with Crippen LogP contribution in [0.3, 0.4) is 0 Å². The summed E-state index contributed by atoms with van der Waals surface area (Å²) < 4.78 is 49.0. The number of anilines is 1. The quantitative estimate of drug-likeness (QED) is 0.0845. The zero-order valence-electron chi connectivity index (χ0n) is 37.9. The molecule has 352 valence electrons. The Labute approximate surface area is 385 Å². The lowest BCUT2D eigenvalue weighted by molar-refractivity contribution is -0.144. The largest absolute Gasteiger partial charge is 0.530 e. The van der Waals surface area contributed by atoms with Gasteiger partial charge in [-0.25, -0.2) is 23.7 Å². The lowest BCUT2D eigenvalue weighted by atomic mass is 9.92. The van der Waals surface area contributed by atoms with E-state index < -0.39 is 91.9 Å². The lowest BCUT2D eigenvalue weighted by Crippen LogP contribution is -2.48. The molecule has 4 aromatic rings. The molecule has 7 rings (SSSR count). The normalized spacial score (nSPS) is 18.9. The number of cyclic esters (lactones) is 1. The van der Waals surface area contributed by atoms with Gasteiger partial charge in [-0.3, -0.25) is 23.2 Å². The number of carbonyl (C=O) groups is 5. The van der Waals surface area contributed by atoms with Crippen molar-refractivity contribution in [3.63, 3.8) is 0 Å². The summed E-state index contributed by atoms with van der Waals surface area (Å²) in [5, 5.41) is 12.2. The Morgan fingerprint density at radius 2 is 1.58 bits per heavy atom. The van der Waals surface area contributed by atoms with E-state index in [0.29, 0.717) is 10.5 Å². The first-order chi connectivity index (χ1) is 31.5. The third kappa shape index (κ3) is 10.8. The molecule has 2 N–H and O–H groups in total. The summed E-state index contributed by atoms with van der Waals surface area (Å²) in [5.41, 5.74) is -0.420. The fraction of sp³-hybridized carbons (Fsp3) is 0.383. The Morgan fingerprint density at radius 1 is 0.940 bits per heavy atom. The average Bonchev–Trinajstić information content (AvgIpc) is 3.56. The predicted octanol–water partition coefficient (Wildman–Crippen LogP) is 6.80. The molecule has 19 nitrogen and oxygen atoms in total. The molecule has 2 atom stereocenters. The van der Waals surface area contributed by atoms with E-state index in [2.05, 4.69) is 22.1 Å². The number of alkyl carbamates (subject to hydrolysis) is 1. The first kappa shape index (κ1) is 47.9. The van der Waals surface area contributed by atoms with Gasteiger partial charge in [0.05, 0.1) is 18.1 Å². The molecule has 3 heterocycles. The van der Waals surface area contributed by atoms with Crippen LogP contribution in [0.2, 0.25) is 0 Å². The average molecular weight is 940 g/mol. The number of hydrogen-bond donors (Lipinski definition) is 2. The van der Waals surface area contributed by atoms with E-state index in [1.807, 2.05) is 48.5 Å². The van der Waals surface area contributed by atoms with Gasteiger partial charge in [-0.05, 0) is 76.8 Å². The number of rotatable bonds is 12. The van der Waals surface area contributed by atoms with Crippen LogP contribution in [-0.2, 0) is 49.6 Å². The molecule has 3 aromatic carbocycles. The number of imide groups is 1. The van der Waals surface area contributed by atoms with Crippen LogP contribution in [0.5, 0.6) is 5.75 Å². The van der Waals surface area contributed by atoms with Crippen LogP contribution in [0.1, 0.15) is 76.6 Å². The minimum atomic E-state index is -4.32. The summed E-state index contributed by atoms with van der Waals surface area (Å²) in [6, 6.07) is 22.5. The number of hydrogen-bond acceptors (Lipinski definition) is 14. The molecule has 0 saturated carbocycles. The molecule has 2 aliphatic heterocycles. The molecule has 0 radical (unpaired) electrons. The Balaban J connectivity index is 1.10. The second kappa shape index (κ2) is 18.7. The van der Waals surface area contributed by atoms with Crippen molar-refractivity contribution >= 4 is 43.8 Å². The van der Waals surface area contributed by atoms with Crippen LogP contribution in [0.15, 0.2) is 83.8 Å². The highest BCUT2D eigenvalue weighted by Gasteiger charge is 2.47. The van der Waals surface area contributed by atoms with E-state index in [4.69, 9.17) is 27.8 Å². The van der Waals surface area contributed by atoms with E-state index in [0.717, 1.165) is 37.9 Å². The van der Waals surface area contributed by atoms with E-state index in [1.165, 1.54) is 13.8 Å². The molecule has 0 spiro atoms. The molecule has 0 fully saturated rings. The molecular formula is C47H50N5O14P. The SMILES string of the molecule is CC(C)(C)OC(=O)N1C(=O)OC(C)(C)C(COP2(=O)Oc3ccccc3C(C)(C)O2)C#Cc2cn(CC(=O)N(CCNC(=O)OCC3c4ccccc4-c4ccccc43)CC(=O)O)c(=O)nc21. The standard InChI is InChI=1S/C47H50N5O14P/c1-45(2,3)63-43(58)52-40-29(20-21-30(46(4,5)64-44(52)59)27-62-67(60)65-37-19-13-12-18-36(37)47(6,7)66-67)24-51(41(56)49-40)25-38(53)50(26-39(54)55)23-22-48-42(57)61-28-35-33-16-10-8-14-31(33)32-15-9-11-17-34(32)35/h8-19,24,30,35H,22-23,25-28H2,1-7H3,(H,48,57)(H,54,55). The number of nitrogens with zero attached hydrogens (tertiary/aromatic N) is 4. The molecule has 20 heteroatoms. The number of carboxylic acid groups (broad SMARTS) is 1. The van der Waals surface area contributed by atoms with E-state index in [-0.39, 0.29) is 36.9 Å². The second-order valence-corrected chi connectivity index (χ2v) is 19.4. The first-order valence-electron chi connectivity index (χ1n) is 21.3. The van der Waals surface area contributed by atoms with Crippen molar-refractivity contribution < 1.29 is 61.4 Å². The molecule has 0 bridgehead atoms. The van der Waals surface area contributed by atoms with Crippen molar-refractivity contribution in [3.05, 3.63) is 112 Å². The summed E-state index contributed by atoms with van der Waals surface area (Å²) >= 11 is 0. The lowest BCUT2D eigenvalue weighted by Gasteiger charge is -2.37. The molecule has 2 unspecified atom stereocenters. The molecule has 0 saturated heterocycles. The Morgan fingerprint density at radius 3 is 2.24 bits per heavy atom. The van der Waals surface area contributed by atoms with Crippen LogP contribution < -0.4 is 20.4 Å². The zero-order chi connectivity index (χ0) is 48.5. The van der Waals surface area contributed by atoms with Gasteiger partial charge in [0.15, 0.2) is 5.82 Å². The zero-order valence-corrected chi connectivity index (χ0v) is 38.8. The van der Waals surface area contributed by atoms with Gasteiger partial charge in [-0.2, -0.15) is 9.88 Å². The number of nitrogens with one attached hydrogen (secondary N) is 1. The summed E-state index contributed by atoms with van der Waals surface area (Å²) in [6.07, 6.45) is -2.31. The number of amides is 4. The number of carboxylic acids is 1. The maximum atomic E-state index is 14.0. The fourth-order valence-electron chi connectivity index (χ4n) is 7.71. The van der Waals surface area contributed by atoms with Crippen LogP contribution >= 0.6 is 7.82 Å². The van der Waals surface area contributed by atoms with Crippen molar-refractivity contribution in [2.45, 2.75) is 77.7 Å². The summed E-state index contributed by atoms with van der Waals surface area (Å²) in [4.78, 5) is 85.1. The minimum absolute atomic E-state index is 0.0279. The molecule has 4 amide bonds. The minimum Gasteiger partial charge on any atom is -0.480 e. The third-order valence-corrected chi connectivity index (χ3v) is 12.5. The number of para-hydroxylation sites is 1. The van der Waals surface area contributed by atoms with Crippen molar-refractivity contribution in [2.75, 3.05) is 37.7 Å². The molecular weight excluding hydrogens is 890 g/mol. The first-order valence-corrected chi connectivity index (χ1v) is 22.7. The van der Waals surface area contributed by atoms with Crippen LogP contribution in [0, 0.1) is 17.8 Å². The van der Waals surface area contributed by atoms with Crippen molar-refractivity contribution in [2.24, 2.45) is 5.92 Å². The molecule has 3 aliphatic rings. The number of aliphatic carboxylic acids is 1. The predicted molar refractivity (Wildman–Crippen MR) is 240 cm³/mol. The number of carbonyl (C=O) groups excluding carboxylic acids is 4. The molecule has 1 aliphatic carbocycles. The number of benzene rings is 3. The van der Waals surface area contributed by atoms with E-state index >= 15 is 0 Å². The van der Waals surface area contributed by atoms with Gasteiger partial charge in [0.25, 0.3) is 0 Å². The highest BCUT2D eigenvalue weighted by molar-refractivity contribution is 7.49. The number of aromatic nitrogens is 2. The highest BCUT2D eigenvalue weighted by Crippen LogP contribution is 2.60. The fourth-order valence-corrected chi connectivity index (χ4v) is 9.24. The number of ether oxygens (including phenoxy) is 3. The van der Waals surface area contributed by atoms with Crippen LogP contribution in [0.25, 0.3) is 11.1 Å². The van der Waals surface area contributed by atoms with Gasteiger partial charge in [-0.1, -0.05) is 78.6 Å². The Bertz CT molecular complexity index is 2760. The van der Waals surface area contributed by atoms with Crippen molar-refractivity contribution in [1.29, 1.82) is 0 Å². The van der Waals surface area contributed by atoms with Gasteiger partial charge in [-0.15, -0.1) is 0 Å². The van der Waals surface area contributed by atoms with Gasteiger partial charge < -0.3 is 34.1 Å². The molecule has 1 aromatic heterocycles. The monoisotopic (exact) mass is 939 g/mol. The Hall–Kier alpha value is -7.00. The number of phosphoric ester groups is 1. The topological polar surface area (TPSA) is 231 Å². The smallest absolute Gasteiger partial charge is 0.480 e. The summed E-state index contributed by atoms with van der Waals surface area (Å²) in [5.74, 6) is 1.87. The maximum absolute atomic E-state index is 14.0. The molecule has 67 heavy (non-hydrogen) atoms. The van der Waals surface area contributed by atoms with E-state index in [9.17, 15) is 38.4 Å². The van der Waals surface area contributed by atoms with Gasteiger partial charge in [0.2, 0.25) is 5.91 Å². The van der Waals surface area contributed by atoms with Gasteiger partial charge in [0.1, 0.15) is 42.2 Å². The number of fused-ring (bicyclic) bond motifs is 5. The number of phosphoric acid groups is 1. The summed E-state index contributed by atoms with van der Waals surface area (Å²) in [6.45, 7) is 8.44. The van der Waals surface area contributed by atoms with Crippen LogP contribution in [0.4, 0.5) is 20.2 Å². The summed E-state index contributed by atoms with van der Waals surface area (Å²) in [7, 11) is -4.32. The van der Waals surface area contributed by atoms with Crippen molar-refractivity contribution in [1.82, 2.24) is 19.8 Å². The van der Waals surface area contributed by atoms with Crippen LogP contribution in [-0.4, -0.2) is 93.8 Å². The third-order valence-electron chi connectivity index (χ3n) is 11.0. The van der Waals surface area contributed by atoms with E-state index in [1.54, 1.807) is 58.9 Å². The second-order valence-electron chi connectivity index (χ2n) is 17.9. The Kier molecular flexibility index (Phi) is 13.4. The van der Waals surface area contributed by atoms with Gasteiger partial charge >= 0.3 is 37.8 Å². The maximum Gasteiger partial charge on any atom is 0.530 e.